The summed E-state index contributed by atoms with van der Waals surface area (Å²) in [6.07, 6.45) is 2.54. The fourth-order valence-corrected chi connectivity index (χ4v) is 3.92. The Kier molecular flexibility index (Phi) is 6.74. The van der Waals surface area contributed by atoms with Crippen LogP contribution in [0.3, 0.4) is 0 Å². The van der Waals surface area contributed by atoms with Crippen LogP contribution in [0.15, 0.2) is 0 Å². The number of piperidine rings is 1. The molecule has 0 aromatic carbocycles. The average molecular weight is 292 g/mol. The molecule has 0 radical (unpaired) electrons. The summed E-state index contributed by atoms with van der Waals surface area (Å²) in [5.74, 6) is -1.23. The Morgan fingerprint density at radius 2 is 2.16 bits per heavy atom. The van der Waals surface area contributed by atoms with Crippen LogP contribution in [0.1, 0.15) is 33.1 Å². The van der Waals surface area contributed by atoms with Crippen LogP contribution in [-0.4, -0.2) is 56.7 Å². The van der Waals surface area contributed by atoms with Gasteiger partial charge in [0.1, 0.15) is 0 Å². The first-order valence-electron chi connectivity index (χ1n) is 6.87. The van der Waals surface area contributed by atoms with Gasteiger partial charge in [0.25, 0.3) is 0 Å². The molecule has 0 amide bonds. The first kappa shape index (κ1) is 16.4. The molecule has 0 aromatic heterocycles. The molecule has 7 heteroatoms. The van der Waals surface area contributed by atoms with Crippen LogP contribution in [0.2, 0.25) is 0 Å². The van der Waals surface area contributed by atoms with Crippen LogP contribution in [0.4, 0.5) is 0 Å². The average Bonchev–Trinajstić information content (AvgIpc) is 2.36. The van der Waals surface area contributed by atoms with Crippen molar-refractivity contribution in [2.24, 2.45) is 0 Å². The molecule has 1 saturated heterocycles. The van der Waals surface area contributed by atoms with Crippen LogP contribution in [0.5, 0.6) is 0 Å². The second-order valence-corrected chi connectivity index (χ2v) is 6.59. The number of esters is 1. The second kappa shape index (κ2) is 7.81. The van der Waals surface area contributed by atoms with Crippen molar-refractivity contribution in [2.45, 2.75) is 39.2 Å². The lowest BCUT2D eigenvalue weighted by Crippen LogP contribution is -2.50. The molecule has 0 aliphatic carbocycles. The van der Waals surface area contributed by atoms with Gasteiger partial charge >= 0.3 is 5.97 Å². The van der Waals surface area contributed by atoms with Crippen molar-refractivity contribution in [1.29, 1.82) is 0 Å². The number of nitrogens with zero attached hydrogens (tertiary/aromatic N) is 1. The summed E-state index contributed by atoms with van der Waals surface area (Å²) >= 11 is 0. The molecule has 0 bridgehead atoms. The van der Waals surface area contributed by atoms with Gasteiger partial charge in [-0.3, -0.25) is 4.79 Å². The molecule has 19 heavy (non-hydrogen) atoms. The monoisotopic (exact) mass is 292 g/mol. The third-order valence-electron chi connectivity index (χ3n) is 3.09. The predicted octanol–water partition coefficient (Wildman–Crippen LogP) is 0.343. The Hall–Kier alpha value is -0.660. The zero-order chi connectivity index (χ0) is 14.3. The number of carbonyl (C=O) groups excluding carboxylic acids is 1. The number of hydrogen-bond donors (Lipinski definition) is 1. The highest BCUT2D eigenvalue weighted by molar-refractivity contribution is 7.89. The van der Waals surface area contributed by atoms with Gasteiger partial charge in [-0.1, -0.05) is 6.92 Å². The number of ether oxygens (including phenoxy) is 1. The lowest BCUT2D eigenvalue weighted by atomic mass is 10.1. The van der Waals surface area contributed by atoms with Gasteiger partial charge in [-0.05, 0) is 32.7 Å². The van der Waals surface area contributed by atoms with Crippen LogP contribution < -0.4 is 5.32 Å². The van der Waals surface area contributed by atoms with Gasteiger partial charge in [-0.15, -0.1) is 0 Å². The summed E-state index contributed by atoms with van der Waals surface area (Å²) in [5.41, 5.74) is 0. The summed E-state index contributed by atoms with van der Waals surface area (Å²) in [5, 5.41) is 3.20. The van der Waals surface area contributed by atoms with Gasteiger partial charge in [-0.2, -0.15) is 4.31 Å². The maximum atomic E-state index is 12.3. The normalized spacial score (nSPS) is 20.5. The molecule has 1 aliphatic heterocycles. The molecule has 1 unspecified atom stereocenters. The molecular formula is C12H24N2O4S. The van der Waals surface area contributed by atoms with Gasteiger partial charge in [0, 0.05) is 19.1 Å². The molecule has 1 heterocycles. The maximum absolute atomic E-state index is 12.3. The molecule has 6 nitrogen and oxygen atoms in total. The Balaban J connectivity index is 2.74. The van der Waals surface area contributed by atoms with E-state index in [0.717, 1.165) is 25.8 Å². The van der Waals surface area contributed by atoms with Crippen molar-refractivity contribution >= 4 is 16.0 Å². The van der Waals surface area contributed by atoms with Crippen molar-refractivity contribution < 1.29 is 17.9 Å². The number of carbonyl (C=O) groups is 1. The highest BCUT2D eigenvalue weighted by atomic mass is 32.2. The lowest BCUT2D eigenvalue weighted by molar-refractivity contribution is -0.140. The van der Waals surface area contributed by atoms with E-state index in [2.05, 4.69) is 5.32 Å². The summed E-state index contributed by atoms with van der Waals surface area (Å²) < 4.78 is 30.8. The summed E-state index contributed by atoms with van der Waals surface area (Å²) in [4.78, 5) is 11.4. The van der Waals surface area contributed by atoms with Crippen molar-refractivity contribution in [3.05, 3.63) is 0 Å². The molecule has 1 atom stereocenters. The van der Waals surface area contributed by atoms with Crippen LogP contribution in [-0.2, 0) is 19.6 Å². The molecule has 1 fully saturated rings. The second-order valence-electron chi connectivity index (χ2n) is 4.67. The van der Waals surface area contributed by atoms with Crippen molar-refractivity contribution in [2.75, 3.05) is 32.0 Å². The molecule has 0 aromatic rings. The molecule has 0 saturated carbocycles. The van der Waals surface area contributed by atoms with E-state index in [1.54, 1.807) is 6.92 Å². The van der Waals surface area contributed by atoms with E-state index in [4.69, 9.17) is 4.74 Å². The van der Waals surface area contributed by atoms with E-state index >= 15 is 0 Å². The largest absolute Gasteiger partial charge is 0.465 e. The van der Waals surface area contributed by atoms with E-state index in [1.165, 1.54) is 4.31 Å². The van der Waals surface area contributed by atoms with E-state index in [9.17, 15) is 13.2 Å². The highest BCUT2D eigenvalue weighted by Gasteiger charge is 2.32. The molecule has 1 N–H and O–H groups in total. The van der Waals surface area contributed by atoms with Crippen LogP contribution in [0, 0.1) is 0 Å². The lowest BCUT2D eigenvalue weighted by Gasteiger charge is -2.33. The smallest absolute Gasteiger partial charge is 0.322 e. The SMILES string of the molecule is CCCN(C1CCCNC1)S(=O)(=O)CC(=O)OCC. The van der Waals surface area contributed by atoms with Gasteiger partial charge < -0.3 is 10.1 Å². The number of rotatable bonds is 7. The number of sulfonamides is 1. The maximum Gasteiger partial charge on any atom is 0.322 e. The van der Waals surface area contributed by atoms with Crippen molar-refractivity contribution in [3.8, 4) is 0 Å². The zero-order valence-corrected chi connectivity index (χ0v) is 12.5. The standard InChI is InChI=1S/C12H24N2O4S/c1-3-8-14(11-6-5-7-13-9-11)19(16,17)10-12(15)18-4-2/h11,13H,3-10H2,1-2H3. The Labute approximate surface area is 115 Å². The quantitative estimate of drug-likeness (QED) is 0.685. The molecule has 1 rings (SSSR count). The number of nitrogens with one attached hydrogen (secondary N) is 1. The van der Waals surface area contributed by atoms with Crippen LogP contribution >= 0.6 is 0 Å². The van der Waals surface area contributed by atoms with E-state index in [-0.39, 0.29) is 12.6 Å². The van der Waals surface area contributed by atoms with Gasteiger partial charge in [-0.25, -0.2) is 8.42 Å². The van der Waals surface area contributed by atoms with Gasteiger partial charge in [0.05, 0.1) is 6.61 Å². The molecule has 1 aliphatic rings. The van der Waals surface area contributed by atoms with Crippen LogP contribution in [0.25, 0.3) is 0 Å². The first-order valence-corrected chi connectivity index (χ1v) is 8.48. The summed E-state index contributed by atoms with van der Waals surface area (Å²) in [7, 11) is -3.59. The minimum atomic E-state index is -3.59. The van der Waals surface area contributed by atoms with Crippen molar-refractivity contribution in [1.82, 2.24) is 9.62 Å². The fraction of sp³-hybridized carbons (Fsp3) is 0.917. The summed E-state index contributed by atoms with van der Waals surface area (Å²) in [6, 6.07) is -0.0480. The van der Waals surface area contributed by atoms with Gasteiger partial charge in [0.15, 0.2) is 5.75 Å². The van der Waals surface area contributed by atoms with Gasteiger partial charge in [0.2, 0.25) is 10.0 Å². The minimum Gasteiger partial charge on any atom is -0.465 e. The topological polar surface area (TPSA) is 75.7 Å². The third-order valence-corrected chi connectivity index (χ3v) is 4.88. The Morgan fingerprint density at radius 1 is 1.42 bits per heavy atom. The van der Waals surface area contributed by atoms with E-state index < -0.39 is 21.7 Å². The molecule has 0 spiro atoms. The molecular weight excluding hydrogens is 268 g/mol. The van der Waals surface area contributed by atoms with Crippen molar-refractivity contribution in [3.63, 3.8) is 0 Å². The Bertz CT molecular complexity index is 377. The minimum absolute atomic E-state index is 0.0480. The first-order chi connectivity index (χ1) is 9.01. The van der Waals surface area contributed by atoms with E-state index in [1.807, 2.05) is 6.92 Å². The predicted molar refractivity (Wildman–Crippen MR) is 73.3 cm³/mol. The Morgan fingerprint density at radius 3 is 2.68 bits per heavy atom. The summed E-state index contributed by atoms with van der Waals surface area (Å²) in [6.45, 7) is 5.83. The fourth-order valence-electron chi connectivity index (χ4n) is 2.28. The highest BCUT2D eigenvalue weighted by Crippen LogP contribution is 2.16. The molecule has 112 valence electrons. The third kappa shape index (κ3) is 5.08. The number of hydrogen-bond acceptors (Lipinski definition) is 5. The zero-order valence-electron chi connectivity index (χ0n) is 11.7. The van der Waals surface area contributed by atoms with E-state index in [0.29, 0.717) is 13.1 Å².